The molecule has 0 heterocycles. The molecule has 0 radical (unpaired) electrons. The van der Waals surface area contributed by atoms with Crippen LogP contribution in [0.3, 0.4) is 0 Å². The first-order valence-electron chi connectivity index (χ1n) is 6.84. The van der Waals surface area contributed by atoms with Crippen LogP contribution in [-0.2, 0) is 0 Å². The monoisotopic (exact) mass is 241 g/mol. The van der Waals surface area contributed by atoms with Crippen molar-refractivity contribution in [2.45, 2.75) is 46.0 Å². The van der Waals surface area contributed by atoms with E-state index in [1.165, 1.54) is 32.1 Å². The van der Waals surface area contributed by atoms with E-state index in [1.807, 2.05) is 28.2 Å². The van der Waals surface area contributed by atoms with Gasteiger partial charge in [-0.05, 0) is 12.3 Å². The zero-order valence-electron chi connectivity index (χ0n) is 12.7. The Morgan fingerprint density at radius 1 is 0.882 bits per heavy atom. The van der Waals surface area contributed by atoms with Gasteiger partial charge in [-0.2, -0.15) is 0 Å². The molecule has 3 heteroatoms. The van der Waals surface area contributed by atoms with Gasteiger partial charge in [-0.3, -0.25) is 4.99 Å². The van der Waals surface area contributed by atoms with Crippen molar-refractivity contribution in [2.75, 3.05) is 34.7 Å². The number of hydrogen-bond acceptors (Lipinski definition) is 1. The van der Waals surface area contributed by atoms with Crippen LogP contribution in [0, 0.1) is 5.92 Å². The predicted molar refractivity (Wildman–Crippen MR) is 77.6 cm³/mol. The SMILES string of the molecule is CC(C)CCCCCCN=C(N(C)C)N(C)C. The molecule has 0 aromatic heterocycles. The summed E-state index contributed by atoms with van der Waals surface area (Å²) in [6.45, 7) is 5.54. The maximum atomic E-state index is 4.62. The third-order valence-corrected chi connectivity index (χ3v) is 2.74. The highest BCUT2D eigenvalue weighted by atomic mass is 15.3. The summed E-state index contributed by atoms with van der Waals surface area (Å²) in [7, 11) is 8.17. The molecule has 0 rings (SSSR count). The van der Waals surface area contributed by atoms with Crippen molar-refractivity contribution in [1.29, 1.82) is 0 Å². The van der Waals surface area contributed by atoms with E-state index in [0.29, 0.717) is 0 Å². The van der Waals surface area contributed by atoms with E-state index < -0.39 is 0 Å². The van der Waals surface area contributed by atoms with Crippen molar-refractivity contribution in [2.24, 2.45) is 10.9 Å². The van der Waals surface area contributed by atoms with Crippen molar-refractivity contribution in [3.63, 3.8) is 0 Å². The molecule has 0 saturated heterocycles. The standard InChI is InChI=1S/C14H31N3/c1-13(2)11-9-7-8-10-12-15-14(16(3)4)17(5)6/h13H,7-12H2,1-6H3. The number of hydrogen-bond donors (Lipinski definition) is 0. The Balaban J connectivity index is 3.63. The molecular formula is C14H31N3. The van der Waals surface area contributed by atoms with Crippen molar-refractivity contribution in [1.82, 2.24) is 9.80 Å². The Labute approximate surface area is 108 Å². The second kappa shape index (κ2) is 9.32. The second-order valence-electron chi connectivity index (χ2n) is 5.57. The molecule has 17 heavy (non-hydrogen) atoms. The van der Waals surface area contributed by atoms with Gasteiger partial charge in [-0.1, -0.05) is 39.5 Å². The first-order valence-corrected chi connectivity index (χ1v) is 6.84. The van der Waals surface area contributed by atoms with Gasteiger partial charge >= 0.3 is 0 Å². The van der Waals surface area contributed by atoms with Gasteiger partial charge < -0.3 is 9.80 Å². The quantitative estimate of drug-likeness (QED) is 0.387. The molecule has 3 nitrogen and oxygen atoms in total. The lowest BCUT2D eigenvalue weighted by molar-refractivity contribution is 0.476. The molecule has 0 aliphatic carbocycles. The molecule has 0 aromatic rings. The molecule has 0 saturated carbocycles. The highest BCUT2D eigenvalue weighted by Gasteiger charge is 2.02. The van der Waals surface area contributed by atoms with Gasteiger partial charge in [0.2, 0.25) is 0 Å². The number of nitrogens with zero attached hydrogens (tertiary/aromatic N) is 3. The van der Waals surface area contributed by atoms with E-state index in [2.05, 4.69) is 28.6 Å². The van der Waals surface area contributed by atoms with Crippen LogP contribution in [0.25, 0.3) is 0 Å². The van der Waals surface area contributed by atoms with Crippen LogP contribution >= 0.6 is 0 Å². The average molecular weight is 241 g/mol. The topological polar surface area (TPSA) is 18.8 Å². The van der Waals surface area contributed by atoms with E-state index in [-0.39, 0.29) is 0 Å². The third-order valence-electron chi connectivity index (χ3n) is 2.74. The highest BCUT2D eigenvalue weighted by molar-refractivity contribution is 5.79. The van der Waals surface area contributed by atoms with Crippen molar-refractivity contribution in [3.05, 3.63) is 0 Å². The lowest BCUT2D eigenvalue weighted by Gasteiger charge is -2.22. The molecule has 0 unspecified atom stereocenters. The van der Waals surface area contributed by atoms with Gasteiger partial charge in [0, 0.05) is 34.7 Å². The lowest BCUT2D eigenvalue weighted by atomic mass is 10.0. The molecule has 0 bridgehead atoms. The summed E-state index contributed by atoms with van der Waals surface area (Å²) in [4.78, 5) is 8.76. The van der Waals surface area contributed by atoms with Crippen LogP contribution in [-0.4, -0.2) is 50.5 Å². The van der Waals surface area contributed by atoms with Crippen LogP contribution in [0.2, 0.25) is 0 Å². The van der Waals surface area contributed by atoms with Crippen LogP contribution in [0.4, 0.5) is 0 Å². The Morgan fingerprint density at radius 2 is 1.41 bits per heavy atom. The second-order valence-corrected chi connectivity index (χ2v) is 5.57. The molecule has 0 atom stereocenters. The van der Waals surface area contributed by atoms with E-state index in [9.17, 15) is 0 Å². The number of rotatable bonds is 7. The zero-order valence-corrected chi connectivity index (χ0v) is 12.7. The predicted octanol–water partition coefficient (Wildman–Crippen LogP) is 3.07. The molecule has 102 valence electrons. The van der Waals surface area contributed by atoms with Crippen LogP contribution in [0.5, 0.6) is 0 Å². The minimum absolute atomic E-state index is 0.849. The van der Waals surface area contributed by atoms with Crippen LogP contribution in [0.15, 0.2) is 4.99 Å². The van der Waals surface area contributed by atoms with Gasteiger partial charge in [0.25, 0.3) is 0 Å². The first-order chi connectivity index (χ1) is 7.95. The molecule has 0 aromatic carbocycles. The van der Waals surface area contributed by atoms with Gasteiger partial charge in [0.15, 0.2) is 5.96 Å². The fourth-order valence-electron chi connectivity index (χ4n) is 1.88. The van der Waals surface area contributed by atoms with Crippen molar-refractivity contribution < 1.29 is 0 Å². The van der Waals surface area contributed by atoms with E-state index in [1.54, 1.807) is 0 Å². The fraction of sp³-hybridized carbons (Fsp3) is 0.929. The van der Waals surface area contributed by atoms with Gasteiger partial charge in [0.05, 0.1) is 0 Å². The smallest absolute Gasteiger partial charge is 0.195 e. The normalized spacial score (nSPS) is 10.5. The number of unbranched alkanes of at least 4 members (excludes halogenated alkanes) is 3. The third kappa shape index (κ3) is 9.02. The Morgan fingerprint density at radius 3 is 1.88 bits per heavy atom. The summed E-state index contributed by atoms with van der Waals surface area (Å²) in [6, 6.07) is 0. The summed E-state index contributed by atoms with van der Waals surface area (Å²) >= 11 is 0. The summed E-state index contributed by atoms with van der Waals surface area (Å²) in [5, 5.41) is 0. The fourth-order valence-corrected chi connectivity index (χ4v) is 1.88. The average Bonchev–Trinajstić information content (AvgIpc) is 2.20. The summed E-state index contributed by atoms with van der Waals surface area (Å²) in [5.41, 5.74) is 0. The van der Waals surface area contributed by atoms with Gasteiger partial charge in [0.1, 0.15) is 0 Å². The molecule has 0 fully saturated rings. The minimum Gasteiger partial charge on any atom is -0.349 e. The molecular weight excluding hydrogens is 210 g/mol. The summed E-state index contributed by atoms with van der Waals surface area (Å²) in [6.07, 6.45) is 6.61. The summed E-state index contributed by atoms with van der Waals surface area (Å²) in [5.74, 6) is 1.91. The van der Waals surface area contributed by atoms with Crippen molar-refractivity contribution >= 4 is 5.96 Å². The Bertz CT molecular complexity index is 198. The summed E-state index contributed by atoms with van der Waals surface area (Å²) < 4.78 is 0. The maximum absolute atomic E-state index is 4.62. The van der Waals surface area contributed by atoms with E-state index in [0.717, 1.165) is 18.4 Å². The maximum Gasteiger partial charge on any atom is 0.195 e. The molecule has 0 aliphatic heterocycles. The highest BCUT2D eigenvalue weighted by Crippen LogP contribution is 2.09. The molecule has 0 aliphatic rings. The number of guanidine groups is 1. The number of aliphatic imine (C=N–C) groups is 1. The molecule has 0 spiro atoms. The Hall–Kier alpha value is -0.730. The van der Waals surface area contributed by atoms with E-state index in [4.69, 9.17) is 0 Å². The molecule has 0 N–H and O–H groups in total. The van der Waals surface area contributed by atoms with Gasteiger partial charge in [-0.25, -0.2) is 0 Å². The van der Waals surface area contributed by atoms with Crippen molar-refractivity contribution in [3.8, 4) is 0 Å². The van der Waals surface area contributed by atoms with Crippen LogP contribution in [0.1, 0.15) is 46.0 Å². The zero-order chi connectivity index (χ0) is 13.3. The first kappa shape index (κ1) is 16.3. The van der Waals surface area contributed by atoms with Gasteiger partial charge in [-0.15, -0.1) is 0 Å². The largest absolute Gasteiger partial charge is 0.349 e. The Kier molecular flexibility index (Phi) is 8.92. The molecule has 0 amide bonds. The minimum atomic E-state index is 0.849. The van der Waals surface area contributed by atoms with Crippen LogP contribution < -0.4 is 0 Å². The van der Waals surface area contributed by atoms with E-state index >= 15 is 0 Å². The lowest BCUT2D eigenvalue weighted by Crippen LogP contribution is -2.35.